The largest absolute Gasteiger partial charge is 0.478 e. The summed E-state index contributed by atoms with van der Waals surface area (Å²) in [7, 11) is 0. The van der Waals surface area contributed by atoms with Crippen LogP contribution in [0.4, 0.5) is 20.4 Å². The van der Waals surface area contributed by atoms with E-state index in [1.807, 2.05) is 0 Å². The first-order valence-electron chi connectivity index (χ1n) is 5.98. The fourth-order valence-electron chi connectivity index (χ4n) is 1.91. The Morgan fingerprint density at radius 3 is 2.67 bits per heavy atom. The van der Waals surface area contributed by atoms with Gasteiger partial charge in [-0.15, -0.1) is 0 Å². The molecule has 21 heavy (non-hydrogen) atoms. The summed E-state index contributed by atoms with van der Waals surface area (Å²) in [5.74, 6) is -2.64. The number of aromatic nitrogens is 2. The third-order valence-electron chi connectivity index (χ3n) is 2.91. The van der Waals surface area contributed by atoms with Gasteiger partial charge in [-0.3, -0.25) is 0 Å². The number of nitrogens with one attached hydrogen (secondary N) is 2. The average molecular weight is 289 g/mol. The van der Waals surface area contributed by atoms with Crippen molar-refractivity contribution in [3.63, 3.8) is 0 Å². The summed E-state index contributed by atoms with van der Waals surface area (Å²) < 4.78 is 26.0. The summed E-state index contributed by atoms with van der Waals surface area (Å²) in [5, 5.41) is 11.7. The minimum absolute atomic E-state index is 0.130. The molecule has 0 amide bonds. The van der Waals surface area contributed by atoms with Crippen molar-refractivity contribution in [2.75, 3.05) is 5.32 Å². The number of hydrogen-bond acceptors (Lipinski definition) is 3. The summed E-state index contributed by atoms with van der Waals surface area (Å²) >= 11 is 0. The predicted molar refractivity (Wildman–Crippen MR) is 72.7 cm³/mol. The molecule has 3 aromatic rings. The zero-order valence-electron chi connectivity index (χ0n) is 10.5. The first-order chi connectivity index (χ1) is 10.0. The molecule has 7 heteroatoms. The normalized spacial score (nSPS) is 10.8. The molecule has 0 aliphatic rings. The maximum absolute atomic E-state index is 13.1. The van der Waals surface area contributed by atoms with Gasteiger partial charge in [0.15, 0.2) is 11.6 Å². The summed E-state index contributed by atoms with van der Waals surface area (Å²) in [4.78, 5) is 17.9. The maximum Gasteiger partial charge on any atom is 0.335 e. The number of H-pyrrole nitrogens is 1. The van der Waals surface area contributed by atoms with Gasteiger partial charge in [0.1, 0.15) is 0 Å². The molecule has 3 N–H and O–H groups in total. The van der Waals surface area contributed by atoms with Crippen LogP contribution in [0.3, 0.4) is 0 Å². The van der Waals surface area contributed by atoms with Gasteiger partial charge >= 0.3 is 5.97 Å². The number of halogens is 2. The van der Waals surface area contributed by atoms with Crippen molar-refractivity contribution in [3.05, 3.63) is 53.6 Å². The molecule has 0 unspecified atom stereocenters. The molecular formula is C14H9F2N3O2. The van der Waals surface area contributed by atoms with E-state index in [9.17, 15) is 13.6 Å². The van der Waals surface area contributed by atoms with Crippen molar-refractivity contribution in [3.8, 4) is 0 Å². The topological polar surface area (TPSA) is 78.0 Å². The molecular weight excluding hydrogens is 280 g/mol. The Labute approximate surface area is 117 Å². The lowest BCUT2D eigenvalue weighted by Crippen LogP contribution is -1.95. The minimum Gasteiger partial charge on any atom is -0.478 e. The molecule has 0 spiro atoms. The molecule has 3 rings (SSSR count). The third-order valence-corrected chi connectivity index (χ3v) is 2.91. The Morgan fingerprint density at radius 2 is 1.95 bits per heavy atom. The second-order valence-corrected chi connectivity index (χ2v) is 4.38. The summed E-state index contributed by atoms with van der Waals surface area (Å²) in [6.45, 7) is 0. The lowest BCUT2D eigenvalue weighted by atomic mass is 10.2. The van der Waals surface area contributed by atoms with Gasteiger partial charge in [-0.05, 0) is 30.3 Å². The van der Waals surface area contributed by atoms with E-state index in [1.165, 1.54) is 18.2 Å². The van der Waals surface area contributed by atoms with Crippen LogP contribution in [-0.2, 0) is 0 Å². The van der Waals surface area contributed by atoms with E-state index in [0.717, 1.165) is 12.1 Å². The Balaban J connectivity index is 1.93. The lowest BCUT2D eigenvalue weighted by Gasteiger charge is -2.02. The summed E-state index contributed by atoms with van der Waals surface area (Å²) in [6, 6.07) is 7.82. The van der Waals surface area contributed by atoms with Gasteiger partial charge in [0, 0.05) is 11.8 Å². The molecule has 2 aromatic carbocycles. The van der Waals surface area contributed by atoms with Crippen LogP contribution in [-0.4, -0.2) is 21.0 Å². The molecule has 0 saturated carbocycles. The molecule has 5 nitrogen and oxygen atoms in total. The minimum atomic E-state index is -1.04. The summed E-state index contributed by atoms with van der Waals surface area (Å²) in [5.41, 5.74) is 1.54. The number of anilines is 2. The van der Waals surface area contributed by atoms with Gasteiger partial charge in [0.05, 0.1) is 16.6 Å². The van der Waals surface area contributed by atoms with E-state index < -0.39 is 17.6 Å². The van der Waals surface area contributed by atoms with Crippen molar-refractivity contribution in [2.45, 2.75) is 0 Å². The third kappa shape index (κ3) is 2.53. The molecule has 0 radical (unpaired) electrons. The number of benzene rings is 2. The van der Waals surface area contributed by atoms with Gasteiger partial charge in [0.25, 0.3) is 0 Å². The second kappa shape index (κ2) is 4.86. The van der Waals surface area contributed by atoms with Crippen LogP contribution in [0.1, 0.15) is 10.4 Å². The number of imidazole rings is 1. The van der Waals surface area contributed by atoms with Crippen LogP contribution in [0.25, 0.3) is 11.0 Å². The molecule has 1 aromatic heterocycles. The smallest absolute Gasteiger partial charge is 0.335 e. The zero-order chi connectivity index (χ0) is 15.0. The van der Waals surface area contributed by atoms with Crippen molar-refractivity contribution in [2.24, 2.45) is 0 Å². The standard InChI is InChI=1S/C14H9F2N3O2/c15-9-3-2-8(6-10(9)16)17-14-18-11-4-1-7(13(20)21)5-12(11)19-14/h1-6H,(H,20,21)(H2,17,18,19). The summed E-state index contributed by atoms with van der Waals surface area (Å²) in [6.07, 6.45) is 0. The molecule has 0 saturated heterocycles. The highest BCUT2D eigenvalue weighted by Gasteiger charge is 2.08. The number of fused-ring (bicyclic) bond motifs is 1. The van der Waals surface area contributed by atoms with E-state index in [2.05, 4.69) is 15.3 Å². The van der Waals surface area contributed by atoms with Crippen LogP contribution in [0.5, 0.6) is 0 Å². The Kier molecular flexibility index (Phi) is 3.02. The van der Waals surface area contributed by atoms with E-state index >= 15 is 0 Å². The monoisotopic (exact) mass is 289 g/mol. The fourth-order valence-corrected chi connectivity index (χ4v) is 1.91. The van der Waals surface area contributed by atoms with Crippen LogP contribution >= 0.6 is 0 Å². The maximum atomic E-state index is 13.1. The van der Waals surface area contributed by atoms with Crippen LogP contribution < -0.4 is 5.32 Å². The highest BCUT2D eigenvalue weighted by Crippen LogP contribution is 2.20. The fraction of sp³-hybridized carbons (Fsp3) is 0. The molecule has 0 aliphatic carbocycles. The Hall–Kier alpha value is -2.96. The van der Waals surface area contributed by atoms with Crippen LogP contribution in [0.2, 0.25) is 0 Å². The predicted octanol–water partition coefficient (Wildman–Crippen LogP) is 3.28. The number of carbonyl (C=O) groups is 1. The highest BCUT2D eigenvalue weighted by atomic mass is 19.2. The van der Waals surface area contributed by atoms with Gasteiger partial charge in [-0.25, -0.2) is 18.6 Å². The first kappa shape index (κ1) is 13.0. The quantitative estimate of drug-likeness (QED) is 0.691. The molecule has 0 atom stereocenters. The SMILES string of the molecule is O=C(O)c1ccc2nc(Nc3ccc(F)c(F)c3)[nH]c2c1. The second-order valence-electron chi connectivity index (χ2n) is 4.38. The van der Waals surface area contributed by atoms with Crippen molar-refractivity contribution in [1.29, 1.82) is 0 Å². The number of nitrogens with zero attached hydrogens (tertiary/aromatic N) is 1. The number of carboxylic acids is 1. The average Bonchev–Trinajstić information content (AvgIpc) is 2.84. The van der Waals surface area contributed by atoms with Gasteiger partial charge in [-0.2, -0.15) is 0 Å². The number of hydrogen-bond donors (Lipinski definition) is 3. The van der Waals surface area contributed by atoms with Gasteiger partial charge < -0.3 is 15.4 Å². The van der Waals surface area contributed by atoms with Crippen molar-refractivity contribution in [1.82, 2.24) is 9.97 Å². The molecule has 0 fully saturated rings. The van der Waals surface area contributed by atoms with Crippen molar-refractivity contribution < 1.29 is 18.7 Å². The first-order valence-corrected chi connectivity index (χ1v) is 5.98. The Bertz CT molecular complexity index is 845. The number of aromatic amines is 1. The molecule has 0 bridgehead atoms. The molecule has 106 valence electrons. The highest BCUT2D eigenvalue weighted by molar-refractivity contribution is 5.92. The van der Waals surface area contributed by atoms with E-state index in [0.29, 0.717) is 22.7 Å². The lowest BCUT2D eigenvalue weighted by molar-refractivity contribution is 0.0697. The number of aromatic carboxylic acids is 1. The van der Waals surface area contributed by atoms with E-state index in [1.54, 1.807) is 6.07 Å². The number of rotatable bonds is 3. The van der Waals surface area contributed by atoms with E-state index in [-0.39, 0.29) is 5.56 Å². The van der Waals surface area contributed by atoms with Crippen molar-refractivity contribution >= 4 is 28.6 Å². The molecule has 1 heterocycles. The zero-order valence-corrected chi connectivity index (χ0v) is 10.5. The van der Waals surface area contributed by atoms with Crippen LogP contribution in [0, 0.1) is 11.6 Å². The number of carboxylic acid groups (broad SMARTS) is 1. The van der Waals surface area contributed by atoms with Gasteiger partial charge in [-0.1, -0.05) is 0 Å². The van der Waals surface area contributed by atoms with E-state index in [4.69, 9.17) is 5.11 Å². The van der Waals surface area contributed by atoms with Gasteiger partial charge in [0.2, 0.25) is 5.95 Å². The Morgan fingerprint density at radius 1 is 1.14 bits per heavy atom. The molecule has 0 aliphatic heterocycles. The van der Waals surface area contributed by atoms with Crippen LogP contribution in [0.15, 0.2) is 36.4 Å².